The molecular formula is C18H28ClN5S. The number of anilines is 1. The molecule has 25 heavy (non-hydrogen) atoms. The van der Waals surface area contributed by atoms with Crippen molar-refractivity contribution in [1.29, 1.82) is 0 Å². The predicted octanol–water partition coefficient (Wildman–Crippen LogP) is 2.40. The molecular weight excluding hydrogens is 354 g/mol. The predicted molar refractivity (Wildman–Crippen MR) is 108 cm³/mol. The molecule has 0 atom stereocenters. The zero-order valence-corrected chi connectivity index (χ0v) is 16.4. The number of rotatable bonds is 7. The van der Waals surface area contributed by atoms with Crippen molar-refractivity contribution in [3.63, 3.8) is 0 Å². The molecule has 0 saturated carbocycles. The van der Waals surface area contributed by atoms with Crippen molar-refractivity contribution in [2.75, 3.05) is 52.0 Å². The van der Waals surface area contributed by atoms with Crippen LogP contribution < -0.4 is 5.73 Å². The Morgan fingerprint density at radius 1 is 1.12 bits per heavy atom. The highest BCUT2D eigenvalue weighted by atomic mass is 35.5. The number of nitrogens with two attached hydrogens (primary N) is 1. The second kappa shape index (κ2) is 10.1. The van der Waals surface area contributed by atoms with Gasteiger partial charge in [0.05, 0.1) is 0 Å². The van der Waals surface area contributed by atoms with E-state index in [9.17, 15) is 0 Å². The number of thiazole rings is 1. The molecule has 7 heteroatoms. The maximum atomic E-state index is 5.70. The Kier molecular flexibility index (Phi) is 8.12. The molecule has 1 aliphatic heterocycles. The molecule has 0 radical (unpaired) electrons. The van der Waals surface area contributed by atoms with Crippen molar-refractivity contribution in [2.45, 2.75) is 13.1 Å². The summed E-state index contributed by atoms with van der Waals surface area (Å²) in [4.78, 5) is 12.9. The Hall–Kier alpha value is -1.18. The van der Waals surface area contributed by atoms with Crippen molar-refractivity contribution >= 4 is 28.9 Å². The van der Waals surface area contributed by atoms with Crippen LogP contribution in [0.4, 0.5) is 5.13 Å². The largest absolute Gasteiger partial charge is 0.375 e. The summed E-state index contributed by atoms with van der Waals surface area (Å²) in [6, 6.07) is 10.7. The maximum absolute atomic E-state index is 5.70. The molecule has 2 heterocycles. The fraction of sp³-hybridized carbons (Fsp3) is 0.500. The summed E-state index contributed by atoms with van der Waals surface area (Å²) in [5.41, 5.74) is 7.09. The third-order valence-electron chi connectivity index (χ3n) is 4.51. The molecule has 5 nitrogen and oxygen atoms in total. The van der Waals surface area contributed by atoms with Crippen LogP contribution in [-0.4, -0.2) is 66.0 Å². The fourth-order valence-electron chi connectivity index (χ4n) is 3.07. The average Bonchev–Trinajstić information content (AvgIpc) is 3.00. The van der Waals surface area contributed by atoms with Crippen LogP contribution in [0.15, 0.2) is 36.5 Å². The number of nitrogen functional groups attached to an aromatic ring is 1. The molecule has 1 saturated heterocycles. The summed E-state index contributed by atoms with van der Waals surface area (Å²) in [5, 5.41) is 0.671. The summed E-state index contributed by atoms with van der Waals surface area (Å²) in [5.74, 6) is 0. The number of benzene rings is 1. The summed E-state index contributed by atoms with van der Waals surface area (Å²) < 4.78 is 0. The Morgan fingerprint density at radius 2 is 1.80 bits per heavy atom. The summed E-state index contributed by atoms with van der Waals surface area (Å²) >= 11 is 1.60. The lowest BCUT2D eigenvalue weighted by molar-refractivity contribution is 0.117. The lowest BCUT2D eigenvalue weighted by Gasteiger charge is -2.35. The van der Waals surface area contributed by atoms with Crippen LogP contribution in [0.25, 0.3) is 0 Å². The van der Waals surface area contributed by atoms with Gasteiger partial charge in [0.2, 0.25) is 0 Å². The van der Waals surface area contributed by atoms with Gasteiger partial charge in [0, 0.05) is 63.4 Å². The van der Waals surface area contributed by atoms with E-state index in [1.807, 2.05) is 6.20 Å². The Bertz CT molecular complexity index is 613. The molecule has 2 aromatic rings. The number of likely N-dealkylation sites (N-methyl/N-ethyl adjacent to an activating group) is 1. The van der Waals surface area contributed by atoms with Crippen LogP contribution in [0, 0.1) is 0 Å². The number of piperazine rings is 1. The van der Waals surface area contributed by atoms with Crippen molar-refractivity contribution in [3.8, 4) is 0 Å². The van der Waals surface area contributed by atoms with Gasteiger partial charge in [-0.3, -0.25) is 9.80 Å². The zero-order chi connectivity index (χ0) is 16.8. The second-order valence-electron chi connectivity index (χ2n) is 6.51. The van der Waals surface area contributed by atoms with Gasteiger partial charge in [0.15, 0.2) is 5.13 Å². The lowest BCUT2D eigenvalue weighted by atomic mass is 10.2. The molecule has 138 valence electrons. The third-order valence-corrected chi connectivity index (χ3v) is 5.32. The number of hydrogen-bond acceptors (Lipinski definition) is 6. The van der Waals surface area contributed by atoms with Crippen molar-refractivity contribution in [2.24, 2.45) is 0 Å². The topological polar surface area (TPSA) is 48.6 Å². The molecule has 0 amide bonds. The minimum atomic E-state index is 0. The molecule has 1 aromatic heterocycles. The molecule has 0 aliphatic carbocycles. The van der Waals surface area contributed by atoms with Gasteiger partial charge in [-0.1, -0.05) is 30.3 Å². The first-order valence-electron chi connectivity index (χ1n) is 8.56. The van der Waals surface area contributed by atoms with Gasteiger partial charge >= 0.3 is 0 Å². The first-order chi connectivity index (χ1) is 11.7. The molecule has 0 spiro atoms. The van der Waals surface area contributed by atoms with Gasteiger partial charge in [-0.05, 0) is 12.6 Å². The van der Waals surface area contributed by atoms with Gasteiger partial charge in [0.1, 0.15) is 0 Å². The fourth-order valence-corrected chi connectivity index (χ4v) is 3.80. The Balaban J connectivity index is 0.00000225. The highest BCUT2D eigenvalue weighted by Crippen LogP contribution is 2.17. The molecule has 1 aliphatic rings. The van der Waals surface area contributed by atoms with E-state index in [0.29, 0.717) is 5.13 Å². The van der Waals surface area contributed by atoms with E-state index in [1.165, 1.54) is 10.4 Å². The van der Waals surface area contributed by atoms with Crippen molar-refractivity contribution in [1.82, 2.24) is 19.7 Å². The lowest BCUT2D eigenvalue weighted by Crippen LogP contribution is -2.47. The number of hydrogen-bond donors (Lipinski definition) is 1. The second-order valence-corrected chi connectivity index (χ2v) is 7.65. The third kappa shape index (κ3) is 6.56. The number of aromatic nitrogens is 1. The van der Waals surface area contributed by atoms with E-state index in [0.717, 1.165) is 52.4 Å². The van der Waals surface area contributed by atoms with Gasteiger partial charge in [-0.2, -0.15) is 0 Å². The van der Waals surface area contributed by atoms with E-state index in [1.54, 1.807) is 11.3 Å². The smallest absolute Gasteiger partial charge is 0.180 e. The van der Waals surface area contributed by atoms with Gasteiger partial charge in [0.25, 0.3) is 0 Å². The normalized spacial score (nSPS) is 16.1. The minimum Gasteiger partial charge on any atom is -0.375 e. The molecule has 0 bridgehead atoms. The van der Waals surface area contributed by atoms with Crippen LogP contribution in [0.3, 0.4) is 0 Å². The molecule has 1 aromatic carbocycles. The summed E-state index contributed by atoms with van der Waals surface area (Å²) in [7, 11) is 2.21. The molecule has 3 rings (SSSR count). The van der Waals surface area contributed by atoms with E-state index in [-0.39, 0.29) is 12.4 Å². The first kappa shape index (κ1) is 20.1. The molecule has 1 fully saturated rings. The standard InChI is InChI=1S/C18H27N5S.ClH/c1-21(14-16-5-3-2-4-6-16)7-8-22-9-11-23(12-10-22)15-17-13-20-18(19)24-17;/h2-6,13H,7-12,14-15H2,1H3,(H2,19,20);1H. The number of nitrogens with zero attached hydrogens (tertiary/aromatic N) is 4. The Morgan fingerprint density at radius 3 is 2.44 bits per heavy atom. The van der Waals surface area contributed by atoms with E-state index >= 15 is 0 Å². The van der Waals surface area contributed by atoms with E-state index in [2.05, 4.69) is 57.1 Å². The van der Waals surface area contributed by atoms with Crippen molar-refractivity contribution in [3.05, 3.63) is 47.0 Å². The highest BCUT2D eigenvalue weighted by Gasteiger charge is 2.17. The SMILES string of the molecule is CN(CCN1CCN(Cc2cnc(N)s2)CC1)Cc1ccccc1.Cl. The minimum absolute atomic E-state index is 0. The van der Waals surface area contributed by atoms with Gasteiger partial charge in [-0.15, -0.1) is 23.7 Å². The summed E-state index contributed by atoms with van der Waals surface area (Å²) in [6.07, 6.45) is 1.91. The Labute approximate surface area is 160 Å². The van der Waals surface area contributed by atoms with Crippen molar-refractivity contribution < 1.29 is 0 Å². The first-order valence-corrected chi connectivity index (χ1v) is 9.38. The van der Waals surface area contributed by atoms with E-state index < -0.39 is 0 Å². The summed E-state index contributed by atoms with van der Waals surface area (Å²) in [6.45, 7) is 8.80. The van der Waals surface area contributed by atoms with Crippen LogP contribution in [0.1, 0.15) is 10.4 Å². The van der Waals surface area contributed by atoms with E-state index in [4.69, 9.17) is 5.73 Å². The average molecular weight is 382 g/mol. The molecule has 2 N–H and O–H groups in total. The van der Waals surface area contributed by atoms with Crippen LogP contribution >= 0.6 is 23.7 Å². The molecule has 0 unspecified atom stereocenters. The number of halogens is 1. The quantitative estimate of drug-likeness (QED) is 0.798. The van der Waals surface area contributed by atoms with Gasteiger partial charge < -0.3 is 10.6 Å². The van der Waals surface area contributed by atoms with Crippen LogP contribution in [-0.2, 0) is 13.1 Å². The monoisotopic (exact) mass is 381 g/mol. The zero-order valence-electron chi connectivity index (χ0n) is 14.8. The van der Waals surface area contributed by atoms with Crippen LogP contribution in [0.5, 0.6) is 0 Å². The van der Waals surface area contributed by atoms with Crippen LogP contribution in [0.2, 0.25) is 0 Å². The van der Waals surface area contributed by atoms with Gasteiger partial charge in [-0.25, -0.2) is 4.98 Å². The highest BCUT2D eigenvalue weighted by molar-refractivity contribution is 7.15. The maximum Gasteiger partial charge on any atom is 0.180 e.